The molecule has 0 radical (unpaired) electrons. The van der Waals surface area contributed by atoms with Crippen LogP contribution in [0.4, 0.5) is 0 Å². The van der Waals surface area contributed by atoms with Gasteiger partial charge in [0.2, 0.25) is 0 Å². The van der Waals surface area contributed by atoms with Crippen LogP contribution in [-0.4, -0.2) is 11.9 Å². The molecule has 2 atom stereocenters. The molecule has 3 aliphatic rings. The van der Waals surface area contributed by atoms with Crippen LogP contribution in [0, 0.1) is 0 Å². The molecule has 0 amide bonds. The maximum absolute atomic E-state index is 12.6. The third-order valence-electron chi connectivity index (χ3n) is 5.73. The first-order valence-corrected chi connectivity index (χ1v) is 9.36. The van der Waals surface area contributed by atoms with Crippen molar-refractivity contribution in [2.45, 2.75) is 50.9 Å². The fourth-order valence-electron chi connectivity index (χ4n) is 4.31. The van der Waals surface area contributed by atoms with Crippen molar-refractivity contribution < 1.29 is 14.3 Å². The molecule has 1 aromatic rings. The van der Waals surface area contributed by atoms with Gasteiger partial charge in [-0.2, -0.15) is 0 Å². The van der Waals surface area contributed by atoms with Gasteiger partial charge in [0, 0.05) is 17.6 Å². The third kappa shape index (κ3) is 3.11. The van der Waals surface area contributed by atoms with Crippen LogP contribution in [0.5, 0.6) is 5.75 Å². The molecule has 0 heterocycles. The van der Waals surface area contributed by atoms with Gasteiger partial charge in [-0.1, -0.05) is 25.1 Å². The summed E-state index contributed by atoms with van der Waals surface area (Å²) in [4.78, 5) is 23.2. The molecule has 3 aliphatic carbocycles. The van der Waals surface area contributed by atoms with E-state index in [2.05, 4.69) is 12.1 Å². The topological polar surface area (TPSA) is 43.4 Å². The van der Waals surface area contributed by atoms with Gasteiger partial charge in [-0.3, -0.25) is 0 Å². The number of ether oxygens (including phenoxy) is 1. The first-order chi connectivity index (χ1) is 12.7. The fraction of sp³-hybridized carbons (Fsp3) is 0.348. The van der Waals surface area contributed by atoms with Crippen LogP contribution in [0.2, 0.25) is 0 Å². The van der Waals surface area contributed by atoms with Gasteiger partial charge >= 0.3 is 5.97 Å². The van der Waals surface area contributed by atoms with E-state index in [1.807, 2.05) is 37.2 Å². The van der Waals surface area contributed by atoms with E-state index in [0.717, 1.165) is 5.57 Å². The van der Waals surface area contributed by atoms with Gasteiger partial charge in [0.1, 0.15) is 11.7 Å². The van der Waals surface area contributed by atoms with Gasteiger partial charge in [0.05, 0.1) is 0 Å². The smallest absolute Gasteiger partial charge is 0.339 e. The average molecular weight is 346 g/mol. The molecule has 0 aromatic heterocycles. The molecule has 1 aromatic carbocycles. The largest absolute Gasteiger partial charge is 0.423 e. The normalized spacial score (nSPS) is 23.5. The molecule has 0 saturated heterocycles. The predicted octanol–water partition coefficient (Wildman–Crippen LogP) is 4.94. The zero-order valence-corrected chi connectivity index (χ0v) is 15.0. The van der Waals surface area contributed by atoms with E-state index in [9.17, 15) is 9.59 Å². The summed E-state index contributed by atoms with van der Waals surface area (Å²) < 4.78 is 5.66. The highest BCUT2D eigenvalue weighted by Crippen LogP contribution is 2.53. The van der Waals surface area contributed by atoms with Crippen LogP contribution in [0.1, 0.15) is 62.0 Å². The van der Waals surface area contributed by atoms with Crippen LogP contribution < -0.4 is 4.74 Å². The first-order valence-electron chi connectivity index (χ1n) is 9.36. The zero-order chi connectivity index (χ0) is 18.1. The van der Waals surface area contributed by atoms with Crippen LogP contribution >= 0.6 is 0 Å². The van der Waals surface area contributed by atoms with Gasteiger partial charge in [-0.05, 0) is 78.5 Å². The second-order valence-electron chi connectivity index (χ2n) is 7.28. The van der Waals surface area contributed by atoms with E-state index in [-0.39, 0.29) is 5.97 Å². The van der Waals surface area contributed by atoms with Gasteiger partial charge in [-0.25, -0.2) is 9.59 Å². The first kappa shape index (κ1) is 16.8. The Hall–Kier alpha value is -2.64. The van der Waals surface area contributed by atoms with E-state index >= 15 is 0 Å². The number of fused-ring (bicyclic) bond motifs is 5. The fourth-order valence-corrected chi connectivity index (χ4v) is 4.31. The minimum atomic E-state index is -0.304. The molecule has 0 unspecified atom stereocenters. The van der Waals surface area contributed by atoms with E-state index in [1.165, 1.54) is 30.4 Å². The molecule has 0 aliphatic heterocycles. The van der Waals surface area contributed by atoms with Crippen LogP contribution in [-0.2, 0) is 9.59 Å². The summed E-state index contributed by atoms with van der Waals surface area (Å²) in [5.41, 5.74) is 4.99. The lowest BCUT2D eigenvalue weighted by molar-refractivity contribution is -0.130. The summed E-state index contributed by atoms with van der Waals surface area (Å²) in [6.45, 7) is 1.94. The summed E-state index contributed by atoms with van der Waals surface area (Å²) in [6, 6.07) is 6.12. The number of benzene rings is 1. The molecule has 4 rings (SSSR count). The van der Waals surface area contributed by atoms with Crippen molar-refractivity contribution in [3.63, 3.8) is 0 Å². The lowest BCUT2D eigenvalue weighted by Gasteiger charge is -2.16. The molecular formula is C23H22O3. The van der Waals surface area contributed by atoms with Crippen molar-refractivity contribution in [2.75, 3.05) is 0 Å². The summed E-state index contributed by atoms with van der Waals surface area (Å²) in [6.07, 6.45) is 12.3. The molecule has 2 bridgehead atoms. The molecule has 0 spiro atoms. The Labute approximate surface area is 153 Å². The van der Waals surface area contributed by atoms with Crippen molar-refractivity contribution in [1.29, 1.82) is 0 Å². The number of carbonyl (C=O) groups excluding carboxylic acids is 2. The number of rotatable bonds is 4. The highest BCUT2D eigenvalue weighted by Gasteiger charge is 2.36. The lowest BCUT2D eigenvalue weighted by atomic mass is 9.92. The SMILES string of the molecule is CCC(=CC1=CCC(=C=O)C=C1)C(=O)Oc1ccc2c(c1)[C@H]1CC[C@H]2C1. The molecule has 3 heteroatoms. The van der Waals surface area contributed by atoms with Gasteiger partial charge in [0.25, 0.3) is 0 Å². The van der Waals surface area contributed by atoms with Crippen LogP contribution in [0.25, 0.3) is 0 Å². The molecule has 26 heavy (non-hydrogen) atoms. The molecule has 1 fully saturated rings. The number of carbonyl (C=O) groups is 1. The summed E-state index contributed by atoms with van der Waals surface area (Å²) in [5, 5.41) is 0. The summed E-state index contributed by atoms with van der Waals surface area (Å²) in [7, 11) is 0. The molecular weight excluding hydrogens is 324 g/mol. The average Bonchev–Trinajstić information content (AvgIpc) is 3.28. The van der Waals surface area contributed by atoms with Gasteiger partial charge in [0.15, 0.2) is 0 Å². The Morgan fingerprint density at radius 2 is 2.04 bits per heavy atom. The number of esters is 1. The highest BCUT2D eigenvalue weighted by atomic mass is 16.5. The van der Waals surface area contributed by atoms with Crippen molar-refractivity contribution in [2.24, 2.45) is 0 Å². The Morgan fingerprint density at radius 1 is 1.23 bits per heavy atom. The minimum Gasteiger partial charge on any atom is -0.423 e. The van der Waals surface area contributed by atoms with Crippen molar-refractivity contribution in [3.8, 4) is 5.75 Å². The second kappa shape index (κ2) is 6.93. The van der Waals surface area contributed by atoms with E-state index < -0.39 is 0 Å². The van der Waals surface area contributed by atoms with E-state index in [0.29, 0.717) is 41.6 Å². The quantitative estimate of drug-likeness (QED) is 0.336. The monoisotopic (exact) mass is 346 g/mol. The zero-order valence-electron chi connectivity index (χ0n) is 15.0. The number of hydrogen-bond acceptors (Lipinski definition) is 3. The molecule has 1 saturated carbocycles. The Balaban J connectivity index is 1.50. The molecule has 132 valence electrons. The maximum Gasteiger partial charge on any atom is 0.339 e. The Kier molecular flexibility index (Phi) is 4.48. The van der Waals surface area contributed by atoms with Crippen LogP contribution in [0.3, 0.4) is 0 Å². The molecule has 0 N–H and O–H groups in total. The highest BCUT2D eigenvalue weighted by molar-refractivity contribution is 5.91. The van der Waals surface area contributed by atoms with E-state index in [1.54, 1.807) is 6.08 Å². The lowest BCUT2D eigenvalue weighted by Crippen LogP contribution is -2.12. The standard InChI is InChI=1S/C23H22O3/c1-2-17(11-15-3-5-16(14-24)6-4-15)23(25)26-20-9-10-21-18-7-8-19(12-18)22(21)13-20/h3-5,9-11,13,18-19H,2,6-8,12H2,1H3/t18-,19-/m0/s1. The Morgan fingerprint density at radius 3 is 2.73 bits per heavy atom. The van der Waals surface area contributed by atoms with Gasteiger partial charge < -0.3 is 4.74 Å². The van der Waals surface area contributed by atoms with Gasteiger partial charge in [-0.15, -0.1) is 0 Å². The Bertz CT molecular complexity index is 894. The number of hydrogen-bond donors (Lipinski definition) is 0. The van der Waals surface area contributed by atoms with Crippen molar-refractivity contribution >= 4 is 11.9 Å². The van der Waals surface area contributed by atoms with Crippen molar-refractivity contribution in [1.82, 2.24) is 0 Å². The summed E-state index contributed by atoms with van der Waals surface area (Å²) >= 11 is 0. The van der Waals surface area contributed by atoms with E-state index in [4.69, 9.17) is 4.74 Å². The predicted molar refractivity (Wildman–Crippen MR) is 101 cm³/mol. The third-order valence-corrected chi connectivity index (χ3v) is 5.73. The molecule has 3 nitrogen and oxygen atoms in total. The van der Waals surface area contributed by atoms with Crippen LogP contribution in [0.15, 0.2) is 59.2 Å². The van der Waals surface area contributed by atoms with Crippen molar-refractivity contribution in [3.05, 3.63) is 70.3 Å². The minimum absolute atomic E-state index is 0.304. The maximum atomic E-state index is 12.6. The second-order valence-corrected chi connectivity index (χ2v) is 7.28. The number of allylic oxidation sites excluding steroid dienone is 6. The summed E-state index contributed by atoms with van der Waals surface area (Å²) in [5.74, 6) is 3.59.